The molecule has 2 heteroatoms. The first-order chi connectivity index (χ1) is 6.72. The van der Waals surface area contributed by atoms with Gasteiger partial charge in [-0.15, -0.1) is 0 Å². The van der Waals surface area contributed by atoms with E-state index >= 15 is 0 Å². The first-order valence-electron chi connectivity index (χ1n) is 4.83. The van der Waals surface area contributed by atoms with E-state index in [4.69, 9.17) is 4.74 Å². The lowest BCUT2D eigenvalue weighted by Gasteiger charge is -2.09. The van der Waals surface area contributed by atoms with Crippen LogP contribution in [0.1, 0.15) is 25.8 Å². The van der Waals surface area contributed by atoms with E-state index in [0.29, 0.717) is 6.42 Å². The van der Waals surface area contributed by atoms with Crippen LogP contribution < -0.4 is 4.74 Å². The minimum absolute atomic E-state index is 0.198. The number of aryl methyl sites for hydroxylation is 1. The van der Waals surface area contributed by atoms with Crippen LogP contribution in [0.5, 0.6) is 5.75 Å². The van der Waals surface area contributed by atoms with Crippen molar-refractivity contribution in [1.29, 1.82) is 0 Å². The van der Waals surface area contributed by atoms with Crippen LogP contribution in [-0.4, -0.2) is 12.4 Å². The van der Waals surface area contributed by atoms with Gasteiger partial charge in [0, 0.05) is 6.42 Å². The quantitative estimate of drug-likeness (QED) is 0.714. The largest absolute Gasteiger partial charge is 0.491 e. The lowest BCUT2D eigenvalue weighted by atomic mass is 10.1. The van der Waals surface area contributed by atoms with E-state index < -0.39 is 0 Å². The molecular weight excluding hydrogens is 176 g/mol. The van der Waals surface area contributed by atoms with E-state index in [2.05, 4.69) is 0 Å². The fraction of sp³-hybridized carbons (Fsp3) is 0.417. The molecule has 0 fully saturated rings. The van der Waals surface area contributed by atoms with E-state index in [1.54, 1.807) is 0 Å². The molecule has 1 aromatic rings. The van der Waals surface area contributed by atoms with Crippen molar-refractivity contribution in [3.05, 3.63) is 29.8 Å². The Bertz CT molecular complexity index is 275. The van der Waals surface area contributed by atoms with Gasteiger partial charge in [0.05, 0.1) is 6.10 Å². The minimum atomic E-state index is 0.198. The van der Waals surface area contributed by atoms with Crippen molar-refractivity contribution < 1.29 is 9.53 Å². The van der Waals surface area contributed by atoms with Crippen LogP contribution in [0.25, 0.3) is 0 Å². The molecule has 0 aliphatic heterocycles. The topological polar surface area (TPSA) is 26.3 Å². The maximum atomic E-state index is 10.0. The minimum Gasteiger partial charge on any atom is -0.491 e. The highest BCUT2D eigenvalue weighted by atomic mass is 16.5. The zero-order valence-electron chi connectivity index (χ0n) is 8.62. The summed E-state index contributed by atoms with van der Waals surface area (Å²) in [7, 11) is 0. The molecule has 1 rings (SSSR count). The van der Waals surface area contributed by atoms with Crippen molar-refractivity contribution in [3.8, 4) is 5.75 Å². The molecule has 14 heavy (non-hydrogen) atoms. The number of hydrogen-bond donors (Lipinski definition) is 0. The van der Waals surface area contributed by atoms with Crippen molar-refractivity contribution in [2.45, 2.75) is 32.8 Å². The summed E-state index contributed by atoms with van der Waals surface area (Å²) < 4.78 is 5.50. The second kappa shape index (κ2) is 5.43. The van der Waals surface area contributed by atoms with Gasteiger partial charge >= 0.3 is 0 Å². The summed E-state index contributed by atoms with van der Waals surface area (Å²) in [4.78, 5) is 10.0. The summed E-state index contributed by atoms with van der Waals surface area (Å²) in [6.45, 7) is 3.99. The Balaban J connectivity index is 2.54. The summed E-state index contributed by atoms with van der Waals surface area (Å²) >= 11 is 0. The highest BCUT2D eigenvalue weighted by Crippen LogP contribution is 2.14. The second-order valence-electron chi connectivity index (χ2n) is 3.45. The van der Waals surface area contributed by atoms with Gasteiger partial charge in [-0.1, -0.05) is 12.1 Å². The van der Waals surface area contributed by atoms with Crippen LogP contribution in [0.15, 0.2) is 24.3 Å². The molecule has 0 unspecified atom stereocenters. The number of rotatable bonds is 5. The fourth-order valence-corrected chi connectivity index (χ4v) is 1.20. The first-order valence-corrected chi connectivity index (χ1v) is 4.83. The Labute approximate surface area is 84.9 Å². The summed E-state index contributed by atoms with van der Waals surface area (Å²) in [6.07, 6.45) is 3.30. The van der Waals surface area contributed by atoms with Crippen LogP contribution in [0, 0.1) is 0 Å². The average molecular weight is 191 g/mol. The van der Waals surface area contributed by atoms with Crippen molar-refractivity contribution in [2.24, 2.45) is 0 Å². The molecule has 0 spiro atoms. The number of ether oxygens (including phenoxy) is 1. The van der Waals surface area contributed by atoms with Gasteiger partial charge in [0.15, 0.2) is 6.29 Å². The predicted octanol–water partition coefficient (Wildman–Crippen LogP) is 2.52. The molecule has 0 bridgehead atoms. The Morgan fingerprint density at radius 1 is 1.29 bits per heavy atom. The molecule has 0 aromatic heterocycles. The van der Waals surface area contributed by atoms with Crippen LogP contribution in [-0.2, 0) is 11.2 Å². The summed E-state index contributed by atoms with van der Waals surface area (Å²) in [5.74, 6) is 0.874. The highest BCUT2D eigenvalue weighted by Gasteiger charge is 1.97. The lowest BCUT2D eigenvalue weighted by Crippen LogP contribution is -2.05. The van der Waals surface area contributed by atoms with Gasteiger partial charge in [0.1, 0.15) is 5.75 Å². The van der Waals surface area contributed by atoms with Gasteiger partial charge in [-0.2, -0.15) is 0 Å². The third-order valence-electron chi connectivity index (χ3n) is 1.81. The average Bonchev–Trinajstić information content (AvgIpc) is 2.16. The summed E-state index contributed by atoms with van der Waals surface area (Å²) in [5, 5.41) is 0. The van der Waals surface area contributed by atoms with Crippen LogP contribution in [0.4, 0.5) is 0 Å². The summed E-state index contributed by atoms with van der Waals surface area (Å²) in [6, 6.07) is 7.82. The van der Waals surface area contributed by atoms with E-state index in [9.17, 15) is 4.79 Å². The summed E-state index contributed by atoms with van der Waals surface area (Å²) in [5.41, 5.74) is 1.14. The van der Waals surface area contributed by atoms with Crippen LogP contribution in [0.2, 0.25) is 0 Å². The molecule has 0 heterocycles. The Morgan fingerprint density at radius 3 is 2.43 bits per heavy atom. The Morgan fingerprint density at radius 2 is 1.93 bits per heavy atom. The molecule has 1 radical (unpaired) electrons. The van der Waals surface area contributed by atoms with Gasteiger partial charge < -0.3 is 4.74 Å². The molecule has 1 aromatic carbocycles. The molecule has 2 nitrogen and oxygen atoms in total. The number of benzene rings is 1. The molecule has 0 saturated heterocycles. The predicted molar refractivity (Wildman–Crippen MR) is 56.2 cm³/mol. The maximum Gasteiger partial charge on any atom is 0.198 e. The van der Waals surface area contributed by atoms with E-state index in [-0.39, 0.29) is 6.10 Å². The molecular formula is C12H15O2. The Hall–Kier alpha value is -1.31. The maximum absolute atomic E-state index is 10.0. The van der Waals surface area contributed by atoms with E-state index in [1.165, 1.54) is 0 Å². The number of carbonyl (C=O) groups excluding carboxylic acids is 1. The number of hydrogen-bond acceptors (Lipinski definition) is 2. The highest BCUT2D eigenvalue weighted by molar-refractivity contribution is 5.51. The van der Waals surface area contributed by atoms with Gasteiger partial charge in [0.2, 0.25) is 0 Å². The second-order valence-corrected chi connectivity index (χ2v) is 3.45. The first kappa shape index (κ1) is 10.8. The lowest BCUT2D eigenvalue weighted by molar-refractivity contribution is 0.242. The molecule has 0 N–H and O–H groups in total. The van der Waals surface area contributed by atoms with E-state index in [1.807, 2.05) is 44.4 Å². The van der Waals surface area contributed by atoms with Gasteiger partial charge in [-0.05, 0) is 38.0 Å². The van der Waals surface area contributed by atoms with Crippen LogP contribution in [0.3, 0.4) is 0 Å². The molecule has 75 valence electrons. The molecule has 0 atom stereocenters. The van der Waals surface area contributed by atoms with E-state index in [0.717, 1.165) is 17.7 Å². The molecule has 0 aliphatic rings. The molecule has 0 amide bonds. The van der Waals surface area contributed by atoms with Crippen molar-refractivity contribution >= 4 is 6.29 Å². The van der Waals surface area contributed by atoms with Gasteiger partial charge in [-0.25, -0.2) is 0 Å². The zero-order chi connectivity index (χ0) is 10.4. The van der Waals surface area contributed by atoms with Gasteiger partial charge in [-0.3, -0.25) is 4.79 Å². The standard InChI is InChI=1S/C12H15O2/c1-10(2)14-12-7-5-11(6-8-12)4-3-9-13/h5-8,10H,3-4H2,1-2H3. The normalized spacial score (nSPS) is 10.2. The SMILES string of the molecule is CC(C)Oc1ccc(CC[C]=O)cc1. The zero-order valence-corrected chi connectivity index (χ0v) is 8.62. The smallest absolute Gasteiger partial charge is 0.198 e. The fourth-order valence-electron chi connectivity index (χ4n) is 1.20. The van der Waals surface area contributed by atoms with Crippen molar-refractivity contribution in [3.63, 3.8) is 0 Å². The third-order valence-corrected chi connectivity index (χ3v) is 1.81. The van der Waals surface area contributed by atoms with Gasteiger partial charge in [0.25, 0.3) is 0 Å². The third kappa shape index (κ3) is 3.60. The molecule has 0 aliphatic carbocycles. The monoisotopic (exact) mass is 191 g/mol. The molecule has 0 saturated carbocycles. The van der Waals surface area contributed by atoms with Crippen molar-refractivity contribution in [1.82, 2.24) is 0 Å². The van der Waals surface area contributed by atoms with Crippen LogP contribution >= 0.6 is 0 Å². The Kier molecular flexibility index (Phi) is 4.17. The van der Waals surface area contributed by atoms with Crippen molar-refractivity contribution in [2.75, 3.05) is 0 Å².